The van der Waals surface area contributed by atoms with Crippen molar-refractivity contribution in [3.05, 3.63) is 71.7 Å². The van der Waals surface area contributed by atoms with E-state index >= 15 is 0 Å². The lowest BCUT2D eigenvalue weighted by molar-refractivity contribution is -0.385. The Morgan fingerprint density at radius 3 is 2.77 bits per heavy atom. The molecule has 1 aromatic heterocycles. The third-order valence-electron chi connectivity index (χ3n) is 4.01. The molecule has 0 aliphatic heterocycles. The van der Waals surface area contributed by atoms with Gasteiger partial charge in [0.1, 0.15) is 5.82 Å². The number of hydrogen-bond acceptors (Lipinski definition) is 7. The van der Waals surface area contributed by atoms with Crippen LogP contribution in [-0.2, 0) is 11.2 Å². The van der Waals surface area contributed by atoms with Crippen molar-refractivity contribution in [1.82, 2.24) is 9.66 Å². The molecule has 154 valence electrons. The highest BCUT2D eigenvalue weighted by Gasteiger charge is 2.22. The molecule has 0 atom stereocenters. The third kappa shape index (κ3) is 4.39. The van der Waals surface area contributed by atoms with Crippen LogP contribution in [0.25, 0.3) is 10.9 Å². The molecular formula is C19H14BrClN4O5. The Bertz CT molecular complexity index is 1270. The fourth-order valence-corrected chi connectivity index (χ4v) is 3.33. The number of nitro groups is 1. The molecule has 0 unspecified atom stereocenters. The summed E-state index contributed by atoms with van der Waals surface area (Å²) in [6, 6.07) is 7.53. The van der Waals surface area contributed by atoms with Crippen molar-refractivity contribution < 1.29 is 14.5 Å². The van der Waals surface area contributed by atoms with Gasteiger partial charge in [-0.1, -0.05) is 34.5 Å². The predicted octanol–water partition coefficient (Wildman–Crippen LogP) is 4.09. The van der Waals surface area contributed by atoms with Crippen molar-refractivity contribution >= 4 is 56.3 Å². The molecule has 0 N–H and O–H groups in total. The zero-order valence-corrected chi connectivity index (χ0v) is 18.1. The van der Waals surface area contributed by atoms with E-state index in [-0.39, 0.29) is 16.3 Å². The number of nitrogens with zero attached hydrogens (tertiary/aromatic N) is 4. The van der Waals surface area contributed by atoms with Gasteiger partial charge in [-0.2, -0.15) is 9.78 Å². The molecular weight excluding hydrogens is 480 g/mol. The van der Waals surface area contributed by atoms with Crippen LogP contribution in [-0.4, -0.2) is 26.8 Å². The van der Waals surface area contributed by atoms with E-state index in [1.54, 1.807) is 18.2 Å². The van der Waals surface area contributed by atoms with E-state index in [9.17, 15) is 19.7 Å². The zero-order valence-electron chi connectivity index (χ0n) is 15.8. The summed E-state index contributed by atoms with van der Waals surface area (Å²) in [4.78, 5) is 39.5. The van der Waals surface area contributed by atoms with Crippen LogP contribution < -0.4 is 10.3 Å². The number of fused-ring (bicyclic) bond motifs is 1. The first-order valence-corrected chi connectivity index (χ1v) is 9.80. The van der Waals surface area contributed by atoms with E-state index in [1.165, 1.54) is 12.3 Å². The largest absolute Gasteiger partial charge is 0.419 e. The lowest BCUT2D eigenvalue weighted by Crippen LogP contribution is -2.22. The van der Waals surface area contributed by atoms with Crippen LogP contribution in [0.1, 0.15) is 25.2 Å². The summed E-state index contributed by atoms with van der Waals surface area (Å²) in [5, 5.41) is 15.9. The van der Waals surface area contributed by atoms with Gasteiger partial charge in [-0.15, -0.1) is 0 Å². The highest BCUT2D eigenvalue weighted by atomic mass is 79.9. The second-order valence-electron chi connectivity index (χ2n) is 6.10. The summed E-state index contributed by atoms with van der Waals surface area (Å²) in [7, 11) is 0. The fourth-order valence-electron chi connectivity index (χ4n) is 2.75. The van der Waals surface area contributed by atoms with E-state index in [0.29, 0.717) is 27.6 Å². The van der Waals surface area contributed by atoms with Gasteiger partial charge in [-0.3, -0.25) is 19.7 Å². The van der Waals surface area contributed by atoms with E-state index in [0.717, 1.165) is 17.7 Å². The second-order valence-corrected chi connectivity index (χ2v) is 7.45. The Labute approximate surface area is 183 Å². The number of benzene rings is 2. The summed E-state index contributed by atoms with van der Waals surface area (Å²) in [6.45, 7) is 2.93. The average Bonchev–Trinajstić information content (AvgIpc) is 2.68. The molecule has 9 nitrogen and oxygen atoms in total. The molecule has 1 heterocycles. The topological polar surface area (TPSA) is 117 Å². The molecule has 30 heavy (non-hydrogen) atoms. The molecule has 0 saturated carbocycles. The summed E-state index contributed by atoms with van der Waals surface area (Å²) in [6.07, 6.45) is 1.58. The zero-order chi connectivity index (χ0) is 22.0. The highest BCUT2D eigenvalue weighted by molar-refractivity contribution is 9.10. The molecule has 0 saturated heterocycles. The predicted molar refractivity (Wildman–Crippen MR) is 115 cm³/mol. The van der Waals surface area contributed by atoms with Gasteiger partial charge in [0.05, 0.1) is 22.0 Å². The molecule has 3 aromatic rings. The van der Waals surface area contributed by atoms with Crippen LogP contribution in [0.5, 0.6) is 5.75 Å². The molecule has 0 aliphatic carbocycles. The number of carbonyl (C=O) groups is 1. The Balaban J connectivity index is 2.22. The van der Waals surface area contributed by atoms with Crippen LogP contribution >= 0.6 is 27.5 Å². The molecule has 0 aliphatic rings. The number of aromatic nitrogens is 2. The Morgan fingerprint density at radius 2 is 2.13 bits per heavy atom. The number of halogens is 2. The van der Waals surface area contributed by atoms with Gasteiger partial charge >= 0.3 is 11.7 Å². The number of nitro benzene ring substituents is 1. The third-order valence-corrected chi connectivity index (χ3v) is 4.72. The first kappa shape index (κ1) is 21.6. The lowest BCUT2D eigenvalue weighted by Gasteiger charge is -2.09. The maximum atomic E-state index is 13.0. The van der Waals surface area contributed by atoms with Gasteiger partial charge in [-0.05, 0) is 24.3 Å². The Kier molecular flexibility index (Phi) is 6.28. The van der Waals surface area contributed by atoms with Crippen molar-refractivity contribution in [2.75, 3.05) is 0 Å². The number of ether oxygens (including phenoxy) is 1. The number of hydrogen-bond donors (Lipinski definition) is 0. The molecule has 0 amide bonds. The summed E-state index contributed by atoms with van der Waals surface area (Å²) in [5.41, 5.74) is -0.332. The van der Waals surface area contributed by atoms with Crippen molar-refractivity contribution in [3.63, 3.8) is 0 Å². The van der Waals surface area contributed by atoms with Gasteiger partial charge < -0.3 is 4.74 Å². The van der Waals surface area contributed by atoms with E-state index in [4.69, 9.17) is 16.3 Å². The van der Waals surface area contributed by atoms with Crippen molar-refractivity contribution in [3.8, 4) is 5.75 Å². The minimum absolute atomic E-state index is 0.0441. The van der Waals surface area contributed by atoms with Crippen molar-refractivity contribution in [1.29, 1.82) is 0 Å². The average molecular weight is 494 g/mol. The van der Waals surface area contributed by atoms with Crippen LogP contribution in [0, 0.1) is 10.1 Å². The molecule has 2 aromatic carbocycles. The van der Waals surface area contributed by atoms with E-state index < -0.39 is 22.1 Å². The number of esters is 1. The first-order valence-electron chi connectivity index (χ1n) is 8.63. The SMILES string of the molecule is CCc1nc2ccc(Br)cc2c(=O)n1N=Cc1cc(Cl)cc([N+](=O)[O-])c1OC(C)=O. The van der Waals surface area contributed by atoms with Gasteiger partial charge in [-0.25, -0.2) is 4.98 Å². The van der Waals surface area contributed by atoms with Gasteiger partial charge in [0.25, 0.3) is 5.56 Å². The van der Waals surface area contributed by atoms with Crippen LogP contribution in [0.2, 0.25) is 5.02 Å². The quantitative estimate of drug-likeness (QED) is 0.174. The monoisotopic (exact) mass is 492 g/mol. The van der Waals surface area contributed by atoms with Gasteiger partial charge in [0, 0.05) is 34.5 Å². The van der Waals surface area contributed by atoms with E-state index in [2.05, 4.69) is 26.0 Å². The summed E-state index contributed by atoms with van der Waals surface area (Å²) in [5.74, 6) is -0.682. The minimum atomic E-state index is -0.751. The molecule has 0 spiro atoms. The standard InChI is InChI=1S/C19H14BrClN4O5/c1-3-17-23-15-5-4-12(20)7-14(15)19(27)24(17)22-9-11-6-13(21)8-16(25(28)29)18(11)30-10(2)26/h4-9H,3H2,1-2H3. The lowest BCUT2D eigenvalue weighted by atomic mass is 10.2. The molecule has 0 fully saturated rings. The van der Waals surface area contributed by atoms with Crippen LogP contribution in [0.15, 0.2) is 44.7 Å². The highest BCUT2D eigenvalue weighted by Crippen LogP contribution is 2.34. The molecule has 11 heteroatoms. The maximum Gasteiger partial charge on any atom is 0.313 e. The summed E-state index contributed by atoms with van der Waals surface area (Å²) >= 11 is 9.30. The van der Waals surface area contributed by atoms with Gasteiger partial charge in [0.15, 0.2) is 0 Å². The minimum Gasteiger partial charge on any atom is -0.419 e. The second kappa shape index (κ2) is 8.72. The molecule has 0 bridgehead atoms. The summed E-state index contributed by atoms with van der Waals surface area (Å²) < 4.78 is 6.82. The first-order chi connectivity index (χ1) is 14.2. The molecule has 3 rings (SSSR count). The number of aryl methyl sites for hydroxylation is 1. The van der Waals surface area contributed by atoms with Crippen molar-refractivity contribution in [2.45, 2.75) is 20.3 Å². The number of rotatable bonds is 5. The van der Waals surface area contributed by atoms with Crippen LogP contribution in [0.4, 0.5) is 5.69 Å². The smallest absolute Gasteiger partial charge is 0.313 e. The molecule has 0 radical (unpaired) electrons. The number of carbonyl (C=O) groups excluding carboxylic acids is 1. The fraction of sp³-hybridized carbons (Fsp3) is 0.158. The van der Waals surface area contributed by atoms with Crippen molar-refractivity contribution in [2.24, 2.45) is 5.10 Å². The van der Waals surface area contributed by atoms with E-state index in [1.807, 2.05) is 6.92 Å². The maximum absolute atomic E-state index is 13.0. The Hall–Kier alpha value is -3.11. The van der Waals surface area contributed by atoms with Gasteiger partial charge in [0.2, 0.25) is 5.75 Å². The normalized spacial score (nSPS) is 11.2. The van der Waals surface area contributed by atoms with Crippen LogP contribution in [0.3, 0.4) is 0 Å². The Morgan fingerprint density at radius 1 is 1.40 bits per heavy atom.